The molecule has 3 aliphatic rings. The van der Waals surface area contributed by atoms with Crippen molar-refractivity contribution in [2.45, 2.75) is 31.7 Å². The van der Waals surface area contributed by atoms with Crippen LogP contribution in [0.2, 0.25) is 0 Å². The van der Waals surface area contributed by atoms with Crippen LogP contribution in [-0.2, 0) is 9.59 Å². The first-order chi connectivity index (χ1) is 8.75. The van der Waals surface area contributed by atoms with Gasteiger partial charge >= 0.3 is 0 Å². The summed E-state index contributed by atoms with van der Waals surface area (Å²) in [4.78, 5) is 29.9. The van der Waals surface area contributed by atoms with Crippen LogP contribution < -0.4 is 0 Å². The Morgan fingerprint density at radius 3 is 2.06 bits per heavy atom. The van der Waals surface area contributed by atoms with Crippen molar-refractivity contribution in [2.24, 2.45) is 0 Å². The Kier molecular flexibility index (Phi) is 3.24. The van der Waals surface area contributed by atoms with Crippen LogP contribution in [0.4, 0.5) is 0 Å². The number of nitrogens with zero attached hydrogens (tertiary/aromatic N) is 3. The van der Waals surface area contributed by atoms with Crippen molar-refractivity contribution in [3.63, 3.8) is 0 Å². The minimum absolute atomic E-state index is 0.00495. The summed E-state index contributed by atoms with van der Waals surface area (Å²) in [5.74, 6) is 0.436. The molecule has 5 nitrogen and oxygen atoms in total. The third-order valence-corrected chi connectivity index (χ3v) is 4.21. The third-order valence-electron chi connectivity index (χ3n) is 4.21. The molecule has 0 aromatic heterocycles. The van der Waals surface area contributed by atoms with Crippen LogP contribution in [0.5, 0.6) is 0 Å². The highest BCUT2D eigenvalue weighted by molar-refractivity contribution is 5.87. The monoisotopic (exact) mass is 251 g/mol. The molecular formula is C13H21N3O2. The van der Waals surface area contributed by atoms with Crippen LogP contribution in [0.15, 0.2) is 0 Å². The van der Waals surface area contributed by atoms with Gasteiger partial charge in [0.2, 0.25) is 11.8 Å². The molecule has 0 bridgehead atoms. The van der Waals surface area contributed by atoms with Crippen molar-refractivity contribution in [1.82, 2.24) is 14.7 Å². The van der Waals surface area contributed by atoms with Gasteiger partial charge in [-0.25, -0.2) is 0 Å². The lowest BCUT2D eigenvalue weighted by molar-refractivity contribution is -0.131. The second-order valence-corrected chi connectivity index (χ2v) is 5.57. The second kappa shape index (κ2) is 4.88. The summed E-state index contributed by atoms with van der Waals surface area (Å²) in [7, 11) is 0. The normalized spacial score (nSPS) is 30.9. The highest BCUT2D eigenvalue weighted by Gasteiger charge is 2.44. The van der Waals surface area contributed by atoms with Gasteiger partial charge in [0.1, 0.15) is 6.04 Å². The summed E-state index contributed by atoms with van der Waals surface area (Å²) >= 11 is 0. The van der Waals surface area contributed by atoms with Gasteiger partial charge in [0.15, 0.2) is 0 Å². The van der Waals surface area contributed by atoms with Gasteiger partial charge in [-0.2, -0.15) is 0 Å². The zero-order valence-corrected chi connectivity index (χ0v) is 10.8. The average Bonchev–Trinajstić information content (AvgIpc) is 2.87. The Bertz CT molecular complexity index is 346. The van der Waals surface area contributed by atoms with Crippen molar-refractivity contribution in [2.75, 3.05) is 39.3 Å². The number of carbonyl (C=O) groups is 2. The molecule has 18 heavy (non-hydrogen) atoms. The van der Waals surface area contributed by atoms with Crippen LogP contribution in [0.3, 0.4) is 0 Å². The van der Waals surface area contributed by atoms with Crippen molar-refractivity contribution >= 4 is 11.8 Å². The first-order valence-corrected chi connectivity index (χ1v) is 7.06. The summed E-state index contributed by atoms with van der Waals surface area (Å²) in [5.41, 5.74) is 0. The van der Waals surface area contributed by atoms with E-state index in [2.05, 4.69) is 0 Å². The first-order valence-electron chi connectivity index (χ1n) is 7.06. The summed E-state index contributed by atoms with van der Waals surface area (Å²) in [6.45, 7) is 4.82. The molecule has 100 valence electrons. The molecule has 2 unspecified atom stereocenters. The fourth-order valence-electron chi connectivity index (χ4n) is 2.97. The van der Waals surface area contributed by atoms with Gasteiger partial charge in [-0.1, -0.05) is 0 Å². The maximum absolute atomic E-state index is 12.1. The van der Waals surface area contributed by atoms with Gasteiger partial charge in [-0.05, 0) is 25.7 Å². The molecule has 3 aliphatic heterocycles. The third kappa shape index (κ3) is 2.36. The van der Waals surface area contributed by atoms with E-state index in [-0.39, 0.29) is 17.9 Å². The number of rotatable bonds is 3. The molecular weight excluding hydrogens is 230 g/mol. The van der Waals surface area contributed by atoms with E-state index in [9.17, 15) is 9.59 Å². The predicted molar refractivity (Wildman–Crippen MR) is 67.0 cm³/mol. The van der Waals surface area contributed by atoms with Gasteiger partial charge in [-0.3, -0.25) is 14.5 Å². The molecule has 0 aliphatic carbocycles. The largest absolute Gasteiger partial charge is 0.342 e. The zero-order chi connectivity index (χ0) is 12.5. The van der Waals surface area contributed by atoms with Gasteiger partial charge in [-0.15, -0.1) is 0 Å². The van der Waals surface area contributed by atoms with Crippen molar-refractivity contribution in [1.29, 1.82) is 0 Å². The number of amides is 2. The molecule has 2 amide bonds. The van der Waals surface area contributed by atoms with Crippen molar-refractivity contribution in [3.05, 3.63) is 0 Å². The number of carbonyl (C=O) groups excluding carboxylic acids is 2. The molecule has 0 saturated carbocycles. The van der Waals surface area contributed by atoms with Crippen molar-refractivity contribution in [3.8, 4) is 0 Å². The molecule has 3 fully saturated rings. The Balaban J connectivity index is 1.45. The zero-order valence-electron chi connectivity index (χ0n) is 10.8. The first kappa shape index (κ1) is 12.0. The molecule has 0 spiro atoms. The summed E-state index contributed by atoms with van der Waals surface area (Å²) in [6.07, 6.45) is 4.51. The minimum Gasteiger partial charge on any atom is -0.342 e. The lowest BCUT2D eigenvalue weighted by Crippen LogP contribution is -2.37. The minimum atomic E-state index is -0.00495. The van der Waals surface area contributed by atoms with Crippen LogP contribution in [0.1, 0.15) is 25.7 Å². The standard InChI is InChI=1S/C13H21N3O2/c17-12(14-5-1-2-6-14)10-16-9-11(16)13(18)15-7-3-4-8-15/h11H,1-10H2. The Morgan fingerprint density at radius 2 is 1.44 bits per heavy atom. The Labute approximate surface area is 108 Å². The molecule has 3 heterocycles. The van der Waals surface area contributed by atoms with E-state index in [4.69, 9.17) is 0 Å². The predicted octanol–water partition coefficient (Wildman–Crippen LogP) is -0.0846. The average molecular weight is 251 g/mol. The molecule has 0 N–H and O–H groups in total. The molecule has 3 rings (SSSR count). The van der Waals surface area contributed by atoms with E-state index >= 15 is 0 Å². The quantitative estimate of drug-likeness (QED) is 0.659. The van der Waals surface area contributed by atoms with Gasteiger partial charge in [0.25, 0.3) is 0 Å². The molecule has 0 aromatic rings. The highest BCUT2D eigenvalue weighted by atomic mass is 16.2. The van der Waals surface area contributed by atoms with Gasteiger partial charge in [0, 0.05) is 32.7 Å². The van der Waals surface area contributed by atoms with Crippen LogP contribution in [0, 0.1) is 0 Å². The lowest BCUT2D eigenvalue weighted by Gasteiger charge is -2.17. The Hall–Kier alpha value is -1.10. The topological polar surface area (TPSA) is 43.6 Å². The molecule has 0 aromatic carbocycles. The van der Waals surface area contributed by atoms with E-state index < -0.39 is 0 Å². The van der Waals surface area contributed by atoms with Crippen LogP contribution in [-0.4, -0.2) is 71.8 Å². The second-order valence-electron chi connectivity index (χ2n) is 5.57. The van der Waals surface area contributed by atoms with E-state index in [0.717, 1.165) is 58.4 Å². The Morgan fingerprint density at radius 1 is 0.889 bits per heavy atom. The summed E-state index contributed by atoms with van der Waals surface area (Å²) < 4.78 is 0. The molecule has 2 atom stereocenters. The maximum atomic E-state index is 12.1. The summed E-state index contributed by atoms with van der Waals surface area (Å²) in [5, 5.41) is 0. The molecule has 5 heteroatoms. The van der Waals surface area contributed by atoms with Gasteiger partial charge < -0.3 is 9.80 Å². The van der Waals surface area contributed by atoms with E-state index in [1.165, 1.54) is 0 Å². The van der Waals surface area contributed by atoms with E-state index in [1.807, 2.05) is 14.7 Å². The lowest BCUT2D eigenvalue weighted by atomic mass is 10.4. The number of hydrogen-bond donors (Lipinski definition) is 0. The maximum Gasteiger partial charge on any atom is 0.241 e. The SMILES string of the molecule is O=C(CN1CC1C(=O)N1CCCC1)N1CCCC1. The number of hydrogen-bond acceptors (Lipinski definition) is 3. The van der Waals surface area contributed by atoms with Crippen LogP contribution >= 0.6 is 0 Å². The fraction of sp³-hybridized carbons (Fsp3) is 0.846. The van der Waals surface area contributed by atoms with E-state index in [1.54, 1.807) is 0 Å². The molecule has 0 radical (unpaired) electrons. The van der Waals surface area contributed by atoms with Crippen LogP contribution in [0.25, 0.3) is 0 Å². The van der Waals surface area contributed by atoms with E-state index in [0.29, 0.717) is 6.54 Å². The number of likely N-dealkylation sites (tertiary alicyclic amines) is 2. The summed E-state index contributed by atoms with van der Waals surface area (Å²) in [6, 6.07) is -0.00495. The molecule has 3 saturated heterocycles. The highest BCUT2D eigenvalue weighted by Crippen LogP contribution is 2.22. The van der Waals surface area contributed by atoms with Gasteiger partial charge in [0.05, 0.1) is 6.54 Å². The van der Waals surface area contributed by atoms with Crippen molar-refractivity contribution < 1.29 is 9.59 Å². The smallest absolute Gasteiger partial charge is 0.241 e. The fourth-order valence-corrected chi connectivity index (χ4v) is 2.97.